The minimum Gasteiger partial charge on any atom is -0.481 e. The van der Waals surface area contributed by atoms with Crippen LogP contribution in [0, 0.1) is 11.3 Å². The Bertz CT molecular complexity index is 431. The van der Waals surface area contributed by atoms with Gasteiger partial charge < -0.3 is 20.3 Å². The van der Waals surface area contributed by atoms with Gasteiger partial charge in [-0.1, -0.05) is 6.92 Å². The van der Waals surface area contributed by atoms with Crippen LogP contribution < -0.4 is 5.32 Å². The highest BCUT2D eigenvalue weighted by Crippen LogP contribution is 2.42. The van der Waals surface area contributed by atoms with E-state index in [1.54, 1.807) is 27.7 Å². The van der Waals surface area contributed by atoms with Crippen LogP contribution in [-0.2, 0) is 14.3 Å². The van der Waals surface area contributed by atoms with Crippen molar-refractivity contribution in [1.29, 1.82) is 0 Å². The largest absolute Gasteiger partial charge is 0.481 e. The van der Waals surface area contributed by atoms with Gasteiger partial charge in [-0.2, -0.15) is 0 Å². The predicted molar refractivity (Wildman–Crippen MR) is 78.5 cm³/mol. The van der Waals surface area contributed by atoms with Gasteiger partial charge in [0.05, 0.1) is 0 Å². The second-order valence-electron chi connectivity index (χ2n) is 7.18. The first-order chi connectivity index (χ1) is 9.94. The van der Waals surface area contributed by atoms with Crippen LogP contribution >= 0.6 is 0 Å². The minimum absolute atomic E-state index is 0.119. The van der Waals surface area contributed by atoms with Gasteiger partial charge in [-0.25, -0.2) is 4.79 Å². The highest BCUT2D eigenvalue weighted by atomic mass is 16.6. The van der Waals surface area contributed by atoms with Crippen LogP contribution in [0.5, 0.6) is 0 Å². The summed E-state index contributed by atoms with van der Waals surface area (Å²) in [6.07, 6.45) is 1.42. The van der Waals surface area contributed by atoms with Crippen LogP contribution in [-0.4, -0.2) is 39.9 Å². The van der Waals surface area contributed by atoms with E-state index >= 15 is 0 Å². The second kappa shape index (κ2) is 6.54. The predicted octanol–water partition coefficient (Wildman–Crippen LogP) is 2.25. The molecule has 0 aromatic carbocycles. The summed E-state index contributed by atoms with van der Waals surface area (Å²) in [6, 6.07) is -0.119. The van der Waals surface area contributed by atoms with Crippen molar-refractivity contribution in [3.05, 3.63) is 0 Å². The number of rotatable bonds is 4. The average molecular weight is 315 g/mol. The quantitative estimate of drug-likeness (QED) is 0.686. The number of carboxylic acid groups (broad SMARTS) is 2. The zero-order valence-electron chi connectivity index (χ0n) is 13.5. The maximum absolute atomic E-state index is 11.7. The van der Waals surface area contributed by atoms with Crippen molar-refractivity contribution >= 4 is 18.0 Å². The molecule has 7 nitrogen and oxygen atoms in total. The summed E-state index contributed by atoms with van der Waals surface area (Å²) in [5.74, 6) is -4.04. The summed E-state index contributed by atoms with van der Waals surface area (Å²) in [6.45, 7) is 7.00. The molecule has 1 fully saturated rings. The van der Waals surface area contributed by atoms with E-state index in [1.807, 2.05) is 0 Å². The average Bonchev–Trinajstić information content (AvgIpc) is 2.28. The molecule has 0 atom stereocenters. The molecule has 0 radical (unpaired) electrons. The van der Waals surface area contributed by atoms with Crippen molar-refractivity contribution in [1.82, 2.24) is 5.32 Å². The van der Waals surface area contributed by atoms with Gasteiger partial charge in [0.1, 0.15) is 5.60 Å². The molecule has 1 aliphatic carbocycles. The second-order valence-corrected chi connectivity index (χ2v) is 7.18. The maximum Gasteiger partial charge on any atom is 0.407 e. The fraction of sp³-hybridized carbons (Fsp3) is 0.800. The molecular formula is C15H25NO6. The molecule has 0 unspecified atom stereocenters. The summed E-state index contributed by atoms with van der Waals surface area (Å²) in [7, 11) is 0. The van der Waals surface area contributed by atoms with Crippen LogP contribution in [0.3, 0.4) is 0 Å². The van der Waals surface area contributed by atoms with Gasteiger partial charge in [-0.05, 0) is 51.9 Å². The molecule has 1 amide bonds. The van der Waals surface area contributed by atoms with Gasteiger partial charge in [0, 0.05) is 6.04 Å². The van der Waals surface area contributed by atoms with Crippen LogP contribution in [0.25, 0.3) is 0 Å². The SMILES string of the molecule is CC(C)(C)OC(=O)NC1CCC(C)(C(C(=O)O)C(=O)O)CC1. The molecule has 0 saturated heterocycles. The van der Waals surface area contributed by atoms with Gasteiger partial charge in [-0.15, -0.1) is 0 Å². The van der Waals surface area contributed by atoms with E-state index in [1.165, 1.54) is 0 Å². The molecule has 1 aliphatic rings. The van der Waals surface area contributed by atoms with Gasteiger partial charge in [0.2, 0.25) is 0 Å². The minimum atomic E-state index is -1.42. The summed E-state index contributed by atoms with van der Waals surface area (Å²) < 4.78 is 5.18. The molecule has 0 aliphatic heterocycles. The lowest BCUT2D eigenvalue weighted by molar-refractivity contribution is -0.162. The number of alkyl carbamates (subject to hydrolysis) is 1. The fourth-order valence-corrected chi connectivity index (χ4v) is 2.89. The third-order valence-electron chi connectivity index (χ3n) is 4.04. The third kappa shape index (κ3) is 4.89. The van der Waals surface area contributed by atoms with E-state index in [2.05, 4.69) is 5.32 Å². The van der Waals surface area contributed by atoms with Crippen molar-refractivity contribution < 1.29 is 29.3 Å². The Morgan fingerprint density at radius 2 is 1.59 bits per heavy atom. The maximum atomic E-state index is 11.7. The van der Waals surface area contributed by atoms with Crippen LogP contribution in [0.15, 0.2) is 0 Å². The van der Waals surface area contributed by atoms with Gasteiger partial charge in [-0.3, -0.25) is 9.59 Å². The van der Waals surface area contributed by atoms with Crippen molar-refractivity contribution in [3.8, 4) is 0 Å². The Kier molecular flexibility index (Phi) is 5.43. The smallest absolute Gasteiger partial charge is 0.407 e. The number of hydrogen-bond acceptors (Lipinski definition) is 4. The molecule has 7 heteroatoms. The van der Waals surface area contributed by atoms with Gasteiger partial charge >= 0.3 is 18.0 Å². The molecule has 0 aromatic heterocycles. The van der Waals surface area contributed by atoms with Crippen molar-refractivity contribution in [2.24, 2.45) is 11.3 Å². The lowest BCUT2D eigenvalue weighted by atomic mass is 9.66. The number of carboxylic acids is 2. The first-order valence-electron chi connectivity index (χ1n) is 7.40. The standard InChI is InChI=1S/C15H25NO6/c1-14(2,3)22-13(21)16-9-5-7-15(4,8-6-9)10(11(17)18)12(19)20/h9-10H,5-8H2,1-4H3,(H,16,21)(H,17,18)(H,19,20). The molecule has 1 rings (SSSR count). The molecule has 22 heavy (non-hydrogen) atoms. The summed E-state index contributed by atoms with van der Waals surface area (Å²) in [5, 5.41) is 21.0. The number of amides is 1. The van der Waals surface area contributed by atoms with E-state index in [0.717, 1.165) is 0 Å². The van der Waals surface area contributed by atoms with E-state index < -0.39 is 35.0 Å². The monoisotopic (exact) mass is 315 g/mol. The number of nitrogens with one attached hydrogen (secondary N) is 1. The summed E-state index contributed by atoms with van der Waals surface area (Å²) in [4.78, 5) is 34.1. The van der Waals surface area contributed by atoms with E-state index in [0.29, 0.717) is 25.7 Å². The topological polar surface area (TPSA) is 113 Å². The molecule has 0 spiro atoms. The number of carbonyl (C=O) groups excluding carboxylic acids is 1. The number of ether oxygens (including phenoxy) is 1. The summed E-state index contributed by atoms with van der Waals surface area (Å²) >= 11 is 0. The number of carbonyl (C=O) groups is 3. The first kappa shape index (κ1) is 18.3. The Balaban J connectivity index is 2.60. The molecule has 0 bridgehead atoms. The highest BCUT2D eigenvalue weighted by molar-refractivity contribution is 5.93. The van der Waals surface area contributed by atoms with Crippen molar-refractivity contribution in [3.63, 3.8) is 0 Å². The van der Waals surface area contributed by atoms with Gasteiger partial charge in [0.15, 0.2) is 5.92 Å². The fourth-order valence-electron chi connectivity index (χ4n) is 2.89. The van der Waals surface area contributed by atoms with Crippen LogP contribution in [0.1, 0.15) is 53.4 Å². The Morgan fingerprint density at radius 3 is 1.95 bits per heavy atom. The third-order valence-corrected chi connectivity index (χ3v) is 4.04. The van der Waals surface area contributed by atoms with Crippen molar-refractivity contribution in [2.45, 2.75) is 65.0 Å². The van der Waals surface area contributed by atoms with E-state index in [-0.39, 0.29) is 6.04 Å². The van der Waals surface area contributed by atoms with Crippen LogP contribution in [0.2, 0.25) is 0 Å². The number of hydrogen-bond donors (Lipinski definition) is 3. The van der Waals surface area contributed by atoms with E-state index in [4.69, 9.17) is 14.9 Å². The molecule has 3 N–H and O–H groups in total. The zero-order valence-corrected chi connectivity index (χ0v) is 13.5. The molecule has 126 valence electrons. The first-order valence-corrected chi connectivity index (χ1v) is 7.40. The lowest BCUT2D eigenvalue weighted by Gasteiger charge is -2.39. The number of aliphatic carboxylic acids is 2. The van der Waals surface area contributed by atoms with Crippen molar-refractivity contribution in [2.75, 3.05) is 0 Å². The van der Waals surface area contributed by atoms with Gasteiger partial charge in [0.25, 0.3) is 0 Å². The molecule has 1 saturated carbocycles. The lowest BCUT2D eigenvalue weighted by Crippen LogP contribution is -2.47. The normalized spacial score (nSPS) is 25.6. The Morgan fingerprint density at radius 1 is 1.14 bits per heavy atom. The highest BCUT2D eigenvalue weighted by Gasteiger charge is 2.46. The van der Waals surface area contributed by atoms with Crippen LogP contribution in [0.4, 0.5) is 4.79 Å². The Hall–Kier alpha value is -1.79. The summed E-state index contributed by atoms with van der Waals surface area (Å²) in [5.41, 5.74) is -1.38. The molecule has 0 heterocycles. The van der Waals surface area contributed by atoms with E-state index in [9.17, 15) is 14.4 Å². The Labute approximate surface area is 130 Å². The molecule has 0 aromatic rings. The zero-order chi connectivity index (χ0) is 17.1. The molecular weight excluding hydrogens is 290 g/mol.